The van der Waals surface area contributed by atoms with Gasteiger partial charge in [-0.3, -0.25) is 0 Å². The van der Waals surface area contributed by atoms with Gasteiger partial charge in [-0.05, 0) is 0 Å². The third-order valence-electron chi connectivity index (χ3n) is 2.66. The van der Waals surface area contributed by atoms with Crippen LogP contribution in [0.4, 0.5) is 4.79 Å². The molecule has 1 atom stereocenters. The van der Waals surface area contributed by atoms with Crippen molar-refractivity contribution in [2.45, 2.75) is 50.0 Å². The van der Waals surface area contributed by atoms with E-state index in [0.29, 0.717) is 5.32 Å². The summed E-state index contributed by atoms with van der Waals surface area (Å²) in [7, 11) is 0. The Morgan fingerprint density at radius 3 is 2.36 bits per heavy atom. The third kappa shape index (κ3) is 7.48. The number of alkyl carbamates (subject to hydrolysis) is 1. The number of carbonyl (C=O) groups is 2. The van der Waals surface area contributed by atoms with E-state index in [9.17, 15) is 14.7 Å². The molecule has 0 radical (unpaired) electrons. The predicted molar refractivity (Wildman–Crippen MR) is 86.2 cm³/mol. The molecule has 0 fully saturated rings. The number of ether oxygens (including phenoxy) is 1. The molecule has 0 bridgehead atoms. The number of carbonyl (C=O) groups excluding carboxylic acids is 1. The van der Waals surface area contributed by atoms with Gasteiger partial charge in [0.05, 0.1) is 0 Å². The number of carboxylic acid groups (broad SMARTS) is 1. The second-order valence-electron chi connectivity index (χ2n) is 6.04. The van der Waals surface area contributed by atoms with Crippen molar-refractivity contribution in [3.05, 3.63) is 35.4 Å². The first-order valence-corrected chi connectivity index (χ1v) is 9.45. The van der Waals surface area contributed by atoms with Gasteiger partial charge < -0.3 is 0 Å². The Morgan fingerprint density at radius 1 is 1.27 bits per heavy atom. The van der Waals surface area contributed by atoms with Crippen LogP contribution in [0.1, 0.15) is 31.9 Å². The number of aryl methyl sites for hydroxylation is 1. The molecule has 0 spiro atoms. The van der Waals surface area contributed by atoms with Gasteiger partial charge in [0.25, 0.3) is 0 Å². The number of amides is 1. The first kappa shape index (κ1) is 18.5. The molecule has 1 aromatic rings. The zero-order valence-corrected chi connectivity index (χ0v) is 15.1. The molecule has 22 heavy (non-hydrogen) atoms. The zero-order chi connectivity index (χ0) is 16.8. The molecule has 0 aromatic heterocycles. The Hall–Kier alpha value is -1.52. The van der Waals surface area contributed by atoms with Gasteiger partial charge in [0, 0.05) is 0 Å². The molecule has 2 N–H and O–H groups in total. The van der Waals surface area contributed by atoms with Gasteiger partial charge in [0.2, 0.25) is 0 Å². The number of hydrogen-bond donors (Lipinski definition) is 2. The molecular formula is C16H23NO4Se. The summed E-state index contributed by atoms with van der Waals surface area (Å²) in [6, 6.07) is 7.28. The van der Waals surface area contributed by atoms with Crippen LogP contribution < -0.4 is 5.32 Å². The van der Waals surface area contributed by atoms with Crippen molar-refractivity contribution in [2.24, 2.45) is 0 Å². The van der Waals surface area contributed by atoms with E-state index in [1.165, 1.54) is 11.1 Å². The number of rotatable bonds is 6. The van der Waals surface area contributed by atoms with E-state index in [2.05, 4.69) is 5.32 Å². The van der Waals surface area contributed by atoms with Gasteiger partial charge >= 0.3 is 137 Å². The van der Waals surface area contributed by atoms with E-state index in [1.807, 2.05) is 31.2 Å². The summed E-state index contributed by atoms with van der Waals surface area (Å²) in [4.78, 5) is 22.9. The number of aliphatic carboxylic acids is 1. The van der Waals surface area contributed by atoms with Crippen molar-refractivity contribution in [3.8, 4) is 0 Å². The van der Waals surface area contributed by atoms with Gasteiger partial charge in [0.15, 0.2) is 0 Å². The number of carboxylic acids is 1. The van der Waals surface area contributed by atoms with Gasteiger partial charge in [-0.25, -0.2) is 0 Å². The topological polar surface area (TPSA) is 75.6 Å². The number of benzene rings is 1. The van der Waals surface area contributed by atoms with Crippen molar-refractivity contribution in [1.29, 1.82) is 0 Å². The summed E-state index contributed by atoms with van der Waals surface area (Å²) in [5.74, 6) is -1.03. The average molecular weight is 372 g/mol. The van der Waals surface area contributed by atoms with Crippen LogP contribution in [0.2, 0.25) is 5.32 Å². The molecule has 0 aliphatic heterocycles. The molecule has 0 saturated heterocycles. The van der Waals surface area contributed by atoms with Crippen molar-refractivity contribution >= 4 is 27.0 Å². The summed E-state index contributed by atoms with van der Waals surface area (Å²) in [6.45, 7) is 7.25. The van der Waals surface area contributed by atoms with Crippen LogP contribution in [0.3, 0.4) is 0 Å². The number of nitrogens with one attached hydrogen (secondary N) is 1. The van der Waals surface area contributed by atoms with E-state index in [0.717, 1.165) is 5.32 Å². The normalized spacial score (nSPS) is 12.5. The van der Waals surface area contributed by atoms with E-state index in [-0.39, 0.29) is 15.0 Å². The Labute approximate surface area is 137 Å². The first-order chi connectivity index (χ1) is 10.2. The quantitative estimate of drug-likeness (QED) is 0.753. The van der Waals surface area contributed by atoms with E-state index in [4.69, 9.17) is 4.74 Å². The Morgan fingerprint density at radius 2 is 1.86 bits per heavy atom. The van der Waals surface area contributed by atoms with Crippen LogP contribution in [0.15, 0.2) is 24.3 Å². The summed E-state index contributed by atoms with van der Waals surface area (Å²) in [5, 5.41) is 12.9. The van der Waals surface area contributed by atoms with Gasteiger partial charge in [-0.1, -0.05) is 0 Å². The average Bonchev–Trinajstić information content (AvgIpc) is 2.37. The molecule has 1 aromatic carbocycles. The predicted octanol–water partition coefficient (Wildman–Crippen LogP) is 2.60. The molecule has 0 saturated carbocycles. The fourth-order valence-corrected chi connectivity index (χ4v) is 3.72. The van der Waals surface area contributed by atoms with E-state index >= 15 is 0 Å². The van der Waals surface area contributed by atoms with Crippen LogP contribution in [0.25, 0.3) is 0 Å². The van der Waals surface area contributed by atoms with E-state index in [1.54, 1.807) is 20.8 Å². The van der Waals surface area contributed by atoms with Crippen molar-refractivity contribution in [3.63, 3.8) is 0 Å². The van der Waals surface area contributed by atoms with Crippen molar-refractivity contribution < 1.29 is 19.4 Å². The molecule has 1 rings (SSSR count). The molecule has 1 amide bonds. The van der Waals surface area contributed by atoms with Crippen molar-refractivity contribution in [1.82, 2.24) is 5.32 Å². The van der Waals surface area contributed by atoms with Crippen LogP contribution in [-0.4, -0.2) is 43.8 Å². The maximum atomic E-state index is 11.7. The van der Waals surface area contributed by atoms with Crippen LogP contribution in [0, 0.1) is 6.92 Å². The van der Waals surface area contributed by atoms with Crippen LogP contribution >= 0.6 is 0 Å². The van der Waals surface area contributed by atoms with Gasteiger partial charge in [-0.15, -0.1) is 0 Å². The van der Waals surface area contributed by atoms with Gasteiger partial charge in [-0.2, -0.15) is 0 Å². The minimum atomic E-state index is -1.03. The third-order valence-corrected chi connectivity index (χ3v) is 4.98. The standard InChI is InChI=1S/C16H23NO4Se/c1-11-5-7-12(8-6-11)9-22-10-13(14(18)19)17-15(20)21-16(2,3)4/h5-8,13H,9-10H2,1-4H3,(H,17,20)(H,18,19). The second kappa shape index (κ2) is 8.20. The molecule has 1 unspecified atom stereocenters. The Kier molecular flexibility index (Phi) is 6.91. The monoisotopic (exact) mass is 373 g/mol. The fraction of sp³-hybridized carbons (Fsp3) is 0.500. The first-order valence-electron chi connectivity index (χ1n) is 7.03. The molecule has 0 heterocycles. The Balaban J connectivity index is 2.46. The molecule has 122 valence electrons. The maximum absolute atomic E-state index is 11.7. The summed E-state index contributed by atoms with van der Waals surface area (Å²) < 4.78 is 5.09. The summed E-state index contributed by atoms with van der Waals surface area (Å²) in [6.07, 6.45) is -0.689. The molecular weight excluding hydrogens is 349 g/mol. The zero-order valence-electron chi connectivity index (χ0n) is 13.4. The Bertz CT molecular complexity index is 508. The second-order valence-corrected chi connectivity index (χ2v) is 8.20. The summed E-state index contributed by atoms with van der Waals surface area (Å²) in [5.41, 5.74) is 1.75. The minimum absolute atomic E-state index is 0.0906. The van der Waals surface area contributed by atoms with Gasteiger partial charge in [0.1, 0.15) is 0 Å². The van der Waals surface area contributed by atoms with Crippen molar-refractivity contribution in [2.75, 3.05) is 0 Å². The number of hydrogen-bond acceptors (Lipinski definition) is 3. The fourth-order valence-electron chi connectivity index (χ4n) is 1.60. The summed E-state index contributed by atoms with van der Waals surface area (Å²) >= 11 is 0.0906. The van der Waals surface area contributed by atoms with Crippen LogP contribution in [0.5, 0.6) is 0 Å². The van der Waals surface area contributed by atoms with Crippen LogP contribution in [-0.2, 0) is 14.9 Å². The molecule has 5 nitrogen and oxygen atoms in total. The molecule has 6 heteroatoms. The molecule has 0 aliphatic carbocycles. The molecule has 0 aliphatic rings. The van der Waals surface area contributed by atoms with E-state index < -0.39 is 23.7 Å². The SMILES string of the molecule is Cc1ccc(C[Se]CC(NC(=O)OC(C)(C)C)C(=O)O)cc1.